The van der Waals surface area contributed by atoms with Gasteiger partial charge in [0.2, 0.25) is 0 Å². The van der Waals surface area contributed by atoms with E-state index in [9.17, 15) is 12.8 Å². The summed E-state index contributed by atoms with van der Waals surface area (Å²) in [7, 11) is -0.975. The molecule has 1 atom stereocenters. The summed E-state index contributed by atoms with van der Waals surface area (Å²) in [5.74, 6) is 0.505. The molecular formula is C22H21ClFNO4S. The van der Waals surface area contributed by atoms with Crippen molar-refractivity contribution in [2.75, 3.05) is 18.5 Å². The highest BCUT2D eigenvalue weighted by atomic mass is 35.5. The van der Waals surface area contributed by atoms with Gasteiger partial charge in [0.25, 0.3) is 10.0 Å². The van der Waals surface area contributed by atoms with Crippen LogP contribution in [0.25, 0.3) is 0 Å². The number of hydrogen-bond donors (Lipinski definition) is 0. The summed E-state index contributed by atoms with van der Waals surface area (Å²) in [6, 6.07) is 15.8. The van der Waals surface area contributed by atoms with E-state index in [4.69, 9.17) is 21.1 Å². The lowest BCUT2D eigenvalue weighted by atomic mass is 10.1. The Kier molecular flexibility index (Phi) is 6.53. The van der Waals surface area contributed by atoms with Gasteiger partial charge in [-0.2, -0.15) is 0 Å². The highest BCUT2D eigenvalue weighted by Gasteiger charge is 2.31. The zero-order valence-electron chi connectivity index (χ0n) is 16.7. The average Bonchev–Trinajstić information content (AvgIpc) is 2.74. The van der Waals surface area contributed by atoms with E-state index in [2.05, 4.69) is 0 Å². The van der Waals surface area contributed by atoms with Crippen LogP contribution in [-0.4, -0.2) is 22.6 Å². The van der Waals surface area contributed by atoms with E-state index in [-0.39, 0.29) is 4.90 Å². The van der Waals surface area contributed by atoms with Crippen molar-refractivity contribution in [3.05, 3.63) is 83.1 Å². The van der Waals surface area contributed by atoms with Crippen LogP contribution in [0, 0.1) is 5.82 Å². The fourth-order valence-electron chi connectivity index (χ4n) is 3.13. The Labute approximate surface area is 180 Å². The molecule has 3 aromatic rings. The molecule has 158 valence electrons. The third-order valence-corrected chi connectivity index (χ3v) is 6.86. The Morgan fingerprint density at radius 2 is 1.50 bits per heavy atom. The van der Waals surface area contributed by atoms with Gasteiger partial charge in [0.1, 0.15) is 5.82 Å². The lowest BCUT2D eigenvalue weighted by Crippen LogP contribution is -2.33. The molecule has 0 bridgehead atoms. The maximum atomic E-state index is 13.5. The normalized spacial score (nSPS) is 12.3. The monoisotopic (exact) mass is 449 g/mol. The van der Waals surface area contributed by atoms with Gasteiger partial charge in [-0.15, -0.1) is 0 Å². The standard InChI is InChI=1S/C22H21ClFNO4S/c1-15(16-4-13-21(28-2)22(14-16)29-3)25(19-9-5-17(23)6-10-19)30(26,27)20-11-7-18(24)8-12-20/h4-15H,1-3H3/t15-/m1/s1. The molecule has 0 spiro atoms. The van der Waals surface area contributed by atoms with Crippen LogP contribution in [-0.2, 0) is 10.0 Å². The minimum absolute atomic E-state index is 0.0221. The number of benzene rings is 3. The number of nitrogens with zero attached hydrogens (tertiary/aromatic N) is 1. The maximum Gasteiger partial charge on any atom is 0.264 e. The highest BCUT2D eigenvalue weighted by molar-refractivity contribution is 7.92. The SMILES string of the molecule is COc1ccc([C@@H](C)N(c2ccc(Cl)cc2)S(=O)(=O)c2ccc(F)cc2)cc1OC. The van der Waals surface area contributed by atoms with Crippen LogP contribution in [0.3, 0.4) is 0 Å². The van der Waals surface area contributed by atoms with Crippen LogP contribution >= 0.6 is 11.6 Å². The zero-order chi connectivity index (χ0) is 21.9. The average molecular weight is 450 g/mol. The number of ether oxygens (including phenoxy) is 2. The Hall–Kier alpha value is -2.77. The van der Waals surface area contributed by atoms with Crippen molar-refractivity contribution in [2.24, 2.45) is 0 Å². The fourth-order valence-corrected chi connectivity index (χ4v) is 4.90. The van der Waals surface area contributed by atoms with Crippen molar-refractivity contribution in [2.45, 2.75) is 17.9 Å². The molecule has 0 radical (unpaired) electrons. The minimum Gasteiger partial charge on any atom is -0.493 e. The molecule has 0 aromatic heterocycles. The number of rotatable bonds is 7. The van der Waals surface area contributed by atoms with Crippen molar-refractivity contribution in [3.63, 3.8) is 0 Å². The summed E-state index contributed by atoms with van der Waals surface area (Å²) < 4.78 is 52.3. The molecule has 5 nitrogen and oxygen atoms in total. The van der Waals surface area contributed by atoms with Crippen LogP contribution in [0.4, 0.5) is 10.1 Å². The molecule has 0 saturated heterocycles. The maximum absolute atomic E-state index is 13.5. The summed E-state index contributed by atoms with van der Waals surface area (Å²) in [5, 5.41) is 0.483. The second kappa shape index (κ2) is 8.93. The Morgan fingerprint density at radius 3 is 2.07 bits per heavy atom. The lowest BCUT2D eigenvalue weighted by Gasteiger charge is -2.31. The first-order valence-corrected chi connectivity index (χ1v) is 10.9. The number of sulfonamides is 1. The summed E-state index contributed by atoms with van der Waals surface area (Å²) in [6.07, 6.45) is 0. The van der Waals surface area contributed by atoms with E-state index in [1.54, 1.807) is 49.4 Å². The van der Waals surface area contributed by atoms with Gasteiger partial charge in [-0.25, -0.2) is 12.8 Å². The van der Waals surface area contributed by atoms with Gasteiger partial charge in [-0.3, -0.25) is 4.31 Å². The fraction of sp³-hybridized carbons (Fsp3) is 0.182. The first-order valence-electron chi connectivity index (χ1n) is 9.05. The molecule has 0 fully saturated rings. The topological polar surface area (TPSA) is 55.8 Å². The molecule has 0 saturated carbocycles. The zero-order valence-corrected chi connectivity index (χ0v) is 18.2. The number of hydrogen-bond acceptors (Lipinski definition) is 4. The van der Waals surface area contributed by atoms with Crippen molar-refractivity contribution in [3.8, 4) is 11.5 Å². The molecule has 0 N–H and O–H groups in total. The third-order valence-electron chi connectivity index (χ3n) is 4.69. The summed E-state index contributed by atoms with van der Waals surface area (Å²) in [4.78, 5) is -0.0221. The predicted octanol–water partition coefficient (Wildman–Crippen LogP) is 5.45. The Balaban J connectivity index is 2.14. The van der Waals surface area contributed by atoms with Crippen molar-refractivity contribution >= 4 is 27.3 Å². The second-order valence-corrected chi connectivity index (χ2v) is 8.77. The highest BCUT2D eigenvalue weighted by Crippen LogP contribution is 2.37. The third kappa shape index (κ3) is 4.37. The first kappa shape index (κ1) is 21.9. The molecule has 0 amide bonds. The van der Waals surface area contributed by atoms with E-state index in [1.807, 2.05) is 0 Å². The molecular weight excluding hydrogens is 429 g/mol. The van der Waals surface area contributed by atoms with E-state index >= 15 is 0 Å². The van der Waals surface area contributed by atoms with E-state index in [0.717, 1.165) is 12.1 Å². The molecule has 0 unspecified atom stereocenters. The largest absolute Gasteiger partial charge is 0.493 e. The van der Waals surface area contributed by atoms with Gasteiger partial charge < -0.3 is 9.47 Å². The number of anilines is 1. The van der Waals surface area contributed by atoms with E-state index in [1.165, 1.54) is 30.7 Å². The number of methoxy groups -OCH3 is 2. The summed E-state index contributed by atoms with van der Waals surface area (Å²) in [5.41, 5.74) is 1.11. The van der Waals surface area contributed by atoms with E-state index in [0.29, 0.717) is 27.8 Å². The van der Waals surface area contributed by atoms with Gasteiger partial charge in [0, 0.05) is 5.02 Å². The molecule has 3 aromatic carbocycles. The molecule has 8 heteroatoms. The van der Waals surface area contributed by atoms with Gasteiger partial charge >= 0.3 is 0 Å². The second-order valence-electron chi connectivity index (χ2n) is 6.52. The van der Waals surface area contributed by atoms with Crippen molar-refractivity contribution in [1.29, 1.82) is 0 Å². The van der Waals surface area contributed by atoms with Crippen LogP contribution in [0.1, 0.15) is 18.5 Å². The quantitative estimate of drug-likeness (QED) is 0.481. The molecule has 30 heavy (non-hydrogen) atoms. The predicted molar refractivity (Wildman–Crippen MR) is 115 cm³/mol. The van der Waals surface area contributed by atoms with Gasteiger partial charge in [0.15, 0.2) is 11.5 Å². The molecule has 0 aliphatic carbocycles. The van der Waals surface area contributed by atoms with Crippen molar-refractivity contribution in [1.82, 2.24) is 0 Å². The van der Waals surface area contributed by atoms with Crippen LogP contribution in [0.15, 0.2) is 71.6 Å². The number of halogens is 2. The first-order chi connectivity index (χ1) is 14.3. The van der Waals surface area contributed by atoms with Crippen LogP contribution in [0.2, 0.25) is 5.02 Å². The molecule has 0 heterocycles. The van der Waals surface area contributed by atoms with E-state index < -0.39 is 21.9 Å². The smallest absolute Gasteiger partial charge is 0.264 e. The molecule has 0 aliphatic rings. The Bertz CT molecular complexity index is 1120. The summed E-state index contributed by atoms with van der Waals surface area (Å²) >= 11 is 5.99. The molecule has 3 rings (SSSR count). The minimum atomic E-state index is -4.01. The van der Waals surface area contributed by atoms with Gasteiger partial charge in [0.05, 0.1) is 30.8 Å². The summed E-state index contributed by atoms with van der Waals surface area (Å²) in [6.45, 7) is 1.76. The van der Waals surface area contributed by atoms with Crippen LogP contribution in [0.5, 0.6) is 11.5 Å². The molecule has 0 aliphatic heterocycles. The van der Waals surface area contributed by atoms with Gasteiger partial charge in [-0.05, 0) is 73.2 Å². The van der Waals surface area contributed by atoms with Crippen molar-refractivity contribution < 1.29 is 22.3 Å². The van der Waals surface area contributed by atoms with Gasteiger partial charge in [-0.1, -0.05) is 17.7 Å². The lowest BCUT2D eigenvalue weighted by molar-refractivity contribution is 0.354. The Morgan fingerprint density at radius 1 is 0.900 bits per heavy atom. The van der Waals surface area contributed by atoms with Crippen LogP contribution < -0.4 is 13.8 Å².